The Morgan fingerprint density at radius 3 is 2.76 bits per heavy atom. The van der Waals surface area contributed by atoms with E-state index in [1.54, 1.807) is 30.6 Å². The maximum atomic E-state index is 12.9. The van der Waals surface area contributed by atoms with E-state index >= 15 is 0 Å². The number of carbonyl (C=O) groups excluding carboxylic acids is 1. The number of hydrogen-bond donors (Lipinski definition) is 1. The number of aromatic nitrogens is 4. The van der Waals surface area contributed by atoms with Gasteiger partial charge in [-0.2, -0.15) is 0 Å². The smallest absolute Gasteiger partial charge is 0.255 e. The van der Waals surface area contributed by atoms with Gasteiger partial charge in [-0.3, -0.25) is 14.2 Å². The molecule has 0 fully saturated rings. The van der Waals surface area contributed by atoms with Gasteiger partial charge >= 0.3 is 0 Å². The fourth-order valence-corrected chi connectivity index (χ4v) is 3.66. The van der Waals surface area contributed by atoms with Crippen LogP contribution in [0, 0.1) is 0 Å². The molecule has 144 valence electrons. The summed E-state index contributed by atoms with van der Waals surface area (Å²) in [6, 6.07) is 14.5. The number of Topliss-reactive ketones (excluding diaryl/α,β-unsaturated/α-hetero) is 1. The zero-order valence-electron chi connectivity index (χ0n) is 15.6. The lowest BCUT2D eigenvalue weighted by atomic mass is 10.0. The van der Waals surface area contributed by atoms with Gasteiger partial charge in [0.25, 0.3) is 5.56 Å². The lowest BCUT2D eigenvalue weighted by molar-refractivity contribution is 0.101. The lowest BCUT2D eigenvalue weighted by Gasteiger charge is -2.12. The topological polar surface area (TPSA) is 89.8 Å². The molecule has 0 aliphatic heterocycles. The zero-order chi connectivity index (χ0) is 20.2. The second-order valence-electron chi connectivity index (χ2n) is 6.26. The summed E-state index contributed by atoms with van der Waals surface area (Å²) < 4.78 is 1.36. The van der Waals surface area contributed by atoms with Gasteiger partial charge in [0.2, 0.25) is 5.95 Å². The van der Waals surface area contributed by atoms with Gasteiger partial charge < -0.3 is 5.32 Å². The van der Waals surface area contributed by atoms with E-state index in [9.17, 15) is 9.59 Å². The minimum atomic E-state index is -0.248. The first-order chi connectivity index (χ1) is 14.1. The maximum absolute atomic E-state index is 12.9. The number of anilines is 1. The molecule has 0 atom stereocenters. The summed E-state index contributed by atoms with van der Waals surface area (Å²) in [6.07, 6.45) is 2.98. The number of nitrogens with zero attached hydrogens (tertiary/aromatic N) is 4. The third-order valence-electron chi connectivity index (χ3n) is 4.40. The molecule has 7 nitrogen and oxygen atoms in total. The van der Waals surface area contributed by atoms with Crippen molar-refractivity contribution in [2.45, 2.75) is 0 Å². The van der Waals surface area contributed by atoms with Crippen molar-refractivity contribution in [2.24, 2.45) is 7.05 Å². The molecule has 4 aromatic rings. The molecule has 8 heteroatoms. The Balaban J connectivity index is 1.60. The number of thiophene rings is 1. The van der Waals surface area contributed by atoms with Crippen molar-refractivity contribution in [3.8, 4) is 21.8 Å². The van der Waals surface area contributed by atoms with E-state index in [1.165, 1.54) is 17.0 Å². The zero-order valence-corrected chi connectivity index (χ0v) is 16.4. The highest BCUT2D eigenvalue weighted by Crippen LogP contribution is 2.28. The Hall–Kier alpha value is -3.65. The van der Waals surface area contributed by atoms with Crippen LogP contribution in [0.3, 0.4) is 0 Å². The van der Waals surface area contributed by atoms with Gasteiger partial charge in [-0.1, -0.05) is 30.3 Å². The molecule has 0 amide bonds. The van der Waals surface area contributed by atoms with Crippen molar-refractivity contribution in [2.75, 3.05) is 11.9 Å². The standard InChI is InChI=1S/C21H17N5O2S/c1-26-20(28)11-17(16-8-9-22-13-24-16)25-21(26)23-12-18(27)14-5-2-3-6-15(14)19-7-4-10-29-19/h2-11,13H,12H2,1H3,(H,23,25). The molecule has 4 rings (SSSR count). The van der Waals surface area contributed by atoms with E-state index in [2.05, 4.69) is 20.3 Å². The van der Waals surface area contributed by atoms with Crippen molar-refractivity contribution in [1.82, 2.24) is 19.5 Å². The number of rotatable bonds is 6. The van der Waals surface area contributed by atoms with Crippen LogP contribution in [-0.4, -0.2) is 31.8 Å². The van der Waals surface area contributed by atoms with Crippen molar-refractivity contribution in [3.05, 3.63) is 82.4 Å². The van der Waals surface area contributed by atoms with Gasteiger partial charge in [-0.25, -0.2) is 15.0 Å². The van der Waals surface area contributed by atoms with Crippen LogP contribution in [0.25, 0.3) is 21.8 Å². The summed E-state index contributed by atoms with van der Waals surface area (Å²) in [5.74, 6) is 0.212. The van der Waals surface area contributed by atoms with Gasteiger partial charge in [-0.05, 0) is 17.5 Å². The van der Waals surface area contributed by atoms with Crippen LogP contribution in [0.15, 0.2) is 71.2 Å². The molecule has 1 N–H and O–H groups in total. The fourth-order valence-electron chi connectivity index (χ4n) is 2.90. The predicted octanol–water partition coefficient (Wildman–Crippen LogP) is 3.26. The Labute approximate surface area is 170 Å². The minimum Gasteiger partial charge on any atom is -0.348 e. The predicted molar refractivity (Wildman–Crippen MR) is 113 cm³/mol. The molecule has 0 saturated heterocycles. The normalized spacial score (nSPS) is 10.7. The highest BCUT2D eigenvalue weighted by atomic mass is 32.1. The monoisotopic (exact) mass is 403 g/mol. The van der Waals surface area contributed by atoms with Crippen LogP contribution in [0.5, 0.6) is 0 Å². The Morgan fingerprint density at radius 2 is 2.00 bits per heavy atom. The number of ketones is 1. The summed E-state index contributed by atoms with van der Waals surface area (Å²) in [5, 5.41) is 4.98. The molecular formula is C21H17N5O2S. The molecule has 0 aliphatic carbocycles. The van der Waals surface area contributed by atoms with Crippen molar-refractivity contribution >= 4 is 23.1 Å². The van der Waals surface area contributed by atoms with Crippen LogP contribution in [0.4, 0.5) is 5.95 Å². The molecule has 1 aromatic carbocycles. The molecule has 3 heterocycles. The number of nitrogens with one attached hydrogen (secondary N) is 1. The first kappa shape index (κ1) is 18.7. The molecule has 0 radical (unpaired) electrons. The molecule has 0 bridgehead atoms. The fraction of sp³-hybridized carbons (Fsp3) is 0.0952. The first-order valence-corrected chi connectivity index (χ1v) is 9.76. The van der Waals surface area contributed by atoms with Gasteiger partial charge in [0.15, 0.2) is 5.78 Å². The Bertz CT molecular complexity index is 1200. The van der Waals surface area contributed by atoms with E-state index in [0.717, 1.165) is 10.4 Å². The second-order valence-corrected chi connectivity index (χ2v) is 7.20. The Kier molecular flexibility index (Phi) is 5.26. The molecule has 0 saturated carbocycles. The summed E-state index contributed by atoms with van der Waals surface area (Å²) >= 11 is 1.58. The van der Waals surface area contributed by atoms with E-state index in [1.807, 2.05) is 41.8 Å². The van der Waals surface area contributed by atoms with Crippen molar-refractivity contribution < 1.29 is 4.79 Å². The first-order valence-electron chi connectivity index (χ1n) is 8.88. The van der Waals surface area contributed by atoms with Crippen molar-refractivity contribution in [3.63, 3.8) is 0 Å². The number of benzene rings is 1. The van der Waals surface area contributed by atoms with E-state index in [-0.39, 0.29) is 17.9 Å². The van der Waals surface area contributed by atoms with Gasteiger partial charge in [-0.15, -0.1) is 11.3 Å². The highest BCUT2D eigenvalue weighted by molar-refractivity contribution is 7.13. The Morgan fingerprint density at radius 1 is 1.14 bits per heavy atom. The van der Waals surface area contributed by atoms with E-state index < -0.39 is 0 Å². The van der Waals surface area contributed by atoms with Crippen LogP contribution in [0.2, 0.25) is 0 Å². The SMILES string of the molecule is Cn1c(NCC(=O)c2ccccc2-c2cccs2)nc(-c2ccncn2)cc1=O. The van der Waals surface area contributed by atoms with E-state index in [4.69, 9.17) is 0 Å². The van der Waals surface area contributed by atoms with Crippen LogP contribution >= 0.6 is 11.3 Å². The minimum absolute atomic E-state index is 0.00982. The average molecular weight is 403 g/mol. The summed E-state index contributed by atoms with van der Waals surface area (Å²) in [4.78, 5) is 38.7. The molecule has 0 spiro atoms. The molecule has 0 aliphatic rings. The largest absolute Gasteiger partial charge is 0.348 e. The van der Waals surface area contributed by atoms with Crippen LogP contribution < -0.4 is 10.9 Å². The van der Waals surface area contributed by atoms with Gasteiger partial charge in [0.05, 0.1) is 17.9 Å². The maximum Gasteiger partial charge on any atom is 0.255 e. The second kappa shape index (κ2) is 8.15. The molecular weight excluding hydrogens is 386 g/mol. The number of hydrogen-bond acceptors (Lipinski definition) is 7. The molecule has 0 unspecified atom stereocenters. The summed E-state index contributed by atoms with van der Waals surface area (Å²) in [6.45, 7) is 0.00982. The summed E-state index contributed by atoms with van der Waals surface area (Å²) in [7, 11) is 1.60. The van der Waals surface area contributed by atoms with Crippen LogP contribution in [0.1, 0.15) is 10.4 Å². The van der Waals surface area contributed by atoms with E-state index in [0.29, 0.717) is 22.9 Å². The highest BCUT2D eigenvalue weighted by Gasteiger charge is 2.15. The number of carbonyl (C=O) groups is 1. The summed E-state index contributed by atoms with van der Waals surface area (Å²) in [5.41, 5.74) is 2.23. The lowest BCUT2D eigenvalue weighted by Crippen LogP contribution is -2.25. The third kappa shape index (κ3) is 3.97. The van der Waals surface area contributed by atoms with Crippen LogP contribution in [-0.2, 0) is 7.05 Å². The van der Waals surface area contributed by atoms with Gasteiger partial charge in [0, 0.05) is 35.3 Å². The van der Waals surface area contributed by atoms with Gasteiger partial charge in [0.1, 0.15) is 6.33 Å². The third-order valence-corrected chi connectivity index (χ3v) is 5.30. The molecule has 3 aromatic heterocycles. The quantitative estimate of drug-likeness (QED) is 0.497. The molecule has 29 heavy (non-hydrogen) atoms. The average Bonchev–Trinajstić information content (AvgIpc) is 3.30. The van der Waals surface area contributed by atoms with Crippen molar-refractivity contribution in [1.29, 1.82) is 0 Å².